The molecule has 0 saturated carbocycles. The Morgan fingerprint density at radius 3 is 2.49 bits per heavy atom. The Labute approximate surface area is 287 Å². The molecular weight excluding hydrogens is 673 g/mol. The molecule has 4 heterocycles. The highest BCUT2D eigenvalue weighted by Gasteiger charge is 2.39. The smallest absolute Gasteiger partial charge is 0.335 e. The summed E-state index contributed by atoms with van der Waals surface area (Å²) in [5.41, 5.74) is 1.65. The van der Waals surface area contributed by atoms with Crippen molar-refractivity contribution in [1.29, 1.82) is 0 Å². The van der Waals surface area contributed by atoms with E-state index in [-0.39, 0.29) is 58.3 Å². The van der Waals surface area contributed by atoms with Crippen molar-refractivity contribution in [3.8, 4) is 28.3 Å². The fourth-order valence-corrected chi connectivity index (χ4v) is 6.25. The number of fused-ring (bicyclic) bond motifs is 1. The van der Waals surface area contributed by atoms with Crippen LogP contribution in [-0.4, -0.2) is 48.6 Å². The van der Waals surface area contributed by atoms with Crippen molar-refractivity contribution in [3.63, 3.8) is 0 Å². The van der Waals surface area contributed by atoms with Crippen LogP contribution in [0.2, 0.25) is 0 Å². The van der Waals surface area contributed by atoms with Gasteiger partial charge in [-0.2, -0.15) is 13.9 Å². The Balaban J connectivity index is 1.12. The Kier molecular flexibility index (Phi) is 8.79. The average molecular weight is 704 g/mol. The number of nitrogens with zero attached hydrogens (tertiary/aromatic N) is 5. The van der Waals surface area contributed by atoms with Gasteiger partial charge in [-0.3, -0.25) is 0 Å². The van der Waals surface area contributed by atoms with Gasteiger partial charge in [0.1, 0.15) is 29.9 Å². The number of hydrogen-bond acceptors (Lipinski definition) is 6. The summed E-state index contributed by atoms with van der Waals surface area (Å²) in [6.45, 7) is 1.78. The first-order valence-electron chi connectivity index (χ1n) is 15.9. The number of aromatic nitrogens is 5. The van der Waals surface area contributed by atoms with E-state index in [1.807, 2.05) is 18.4 Å². The van der Waals surface area contributed by atoms with Crippen LogP contribution in [0.1, 0.15) is 53.7 Å². The van der Waals surface area contributed by atoms with Gasteiger partial charge in [0.25, 0.3) is 0 Å². The van der Waals surface area contributed by atoms with Crippen molar-refractivity contribution in [2.45, 2.75) is 39.5 Å². The van der Waals surface area contributed by atoms with E-state index in [4.69, 9.17) is 14.5 Å². The highest BCUT2D eigenvalue weighted by Crippen LogP contribution is 2.41. The van der Waals surface area contributed by atoms with Gasteiger partial charge in [0.15, 0.2) is 0 Å². The molecule has 6 aromatic rings. The third-order valence-electron chi connectivity index (χ3n) is 9.02. The van der Waals surface area contributed by atoms with Gasteiger partial charge < -0.3 is 19.1 Å². The summed E-state index contributed by atoms with van der Waals surface area (Å²) in [7, 11) is 0. The minimum Gasteiger partial charge on any atom is -0.478 e. The Hall–Kier alpha value is -5.63. The van der Waals surface area contributed by atoms with Crippen LogP contribution in [0.15, 0.2) is 79.1 Å². The highest BCUT2D eigenvalue weighted by molar-refractivity contribution is 5.92. The number of alkyl halides is 2. The normalized spacial score (nSPS) is 15.6. The molecule has 0 aliphatic carbocycles. The van der Waals surface area contributed by atoms with E-state index in [1.54, 1.807) is 18.2 Å². The van der Waals surface area contributed by atoms with Gasteiger partial charge >= 0.3 is 12.5 Å². The zero-order valence-corrected chi connectivity index (χ0v) is 27.3. The maximum Gasteiger partial charge on any atom is 0.335 e. The van der Waals surface area contributed by atoms with Crippen LogP contribution in [0.4, 0.5) is 22.0 Å². The monoisotopic (exact) mass is 703 g/mol. The van der Waals surface area contributed by atoms with Gasteiger partial charge in [-0.25, -0.2) is 32.6 Å². The first kappa shape index (κ1) is 33.8. The molecule has 0 amide bonds. The molecule has 1 atom stereocenters. The van der Waals surface area contributed by atoms with Crippen LogP contribution in [0, 0.1) is 22.9 Å². The summed E-state index contributed by atoms with van der Waals surface area (Å²) in [6.07, 6.45) is 2.24. The van der Waals surface area contributed by atoms with E-state index in [0.29, 0.717) is 45.9 Å². The predicted molar refractivity (Wildman–Crippen MR) is 176 cm³/mol. The lowest BCUT2D eigenvalue weighted by Gasteiger charge is -2.28. The minimum atomic E-state index is -2.82. The number of hydrogen-bond donors (Lipinski definition) is 1. The molecule has 3 aromatic carbocycles. The SMILES string of the molecule is CC1(C)COC[C@H]1n1c(Cc2cc(F)c(-c3cccc(OCc4ccc(-c5cnn(C(F)F)c5)cc4F)n3)cc2F)nc2ccc(C(=O)O)cc21. The van der Waals surface area contributed by atoms with Crippen molar-refractivity contribution in [3.05, 3.63) is 119 Å². The average Bonchev–Trinajstić information content (AvgIpc) is 3.82. The van der Waals surface area contributed by atoms with Gasteiger partial charge in [-0.05, 0) is 53.6 Å². The minimum absolute atomic E-state index is 0.0360. The lowest BCUT2D eigenvalue weighted by Crippen LogP contribution is -2.27. The Bertz CT molecular complexity index is 2290. The standard InChI is InChI=1S/C37H30F5N5O4/c1-37(2)19-50-18-32(37)47-31-12-21(35(48)49)8-9-30(31)44-33(47)13-23-11-28(40)25(14-27(23)39)29-4-3-5-34(45-29)51-17-22-7-6-20(10-26(22)38)24-15-43-46(16-24)36(41)42/h3-12,14-16,32,36H,13,17-19H2,1-2H3,(H,48,49)/t32-/m1/s1. The fraction of sp³-hybridized carbons (Fsp3) is 0.243. The topological polar surface area (TPSA) is 104 Å². The molecule has 0 unspecified atom stereocenters. The van der Waals surface area contributed by atoms with Crippen molar-refractivity contribution < 1.29 is 41.3 Å². The van der Waals surface area contributed by atoms with Crippen molar-refractivity contribution in [2.24, 2.45) is 5.41 Å². The second-order valence-electron chi connectivity index (χ2n) is 13.0. The number of halogens is 5. The Morgan fingerprint density at radius 2 is 1.78 bits per heavy atom. The molecule has 9 nitrogen and oxygen atoms in total. The van der Waals surface area contributed by atoms with Crippen LogP contribution in [0.5, 0.6) is 5.88 Å². The van der Waals surface area contributed by atoms with Crippen LogP contribution in [0.3, 0.4) is 0 Å². The van der Waals surface area contributed by atoms with Crippen molar-refractivity contribution >= 4 is 17.0 Å². The lowest BCUT2D eigenvalue weighted by molar-refractivity contribution is 0.0566. The highest BCUT2D eigenvalue weighted by atomic mass is 19.3. The van der Waals surface area contributed by atoms with Gasteiger partial charge in [-0.15, -0.1) is 0 Å². The van der Waals surface area contributed by atoms with E-state index in [9.17, 15) is 23.1 Å². The molecule has 7 rings (SSSR count). The summed E-state index contributed by atoms with van der Waals surface area (Å²) in [5.74, 6) is -2.72. The second kappa shape index (κ2) is 13.2. The molecule has 3 aromatic heterocycles. The fourth-order valence-electron chi connectivity index (χ4n) is 6.25. The van der Waals surface area contributed by atoms with Crippen molar-refractivity contribution in [2.75, 3.05) is 13.2 Å². The van der Waals surface area contributed by atoms with Gasteiger partial charge in [0.05, 0.1) is 47.7 Å². The number of aromatic carboxylic acids is 1. The van der Waals surface area contributed by atoms with Crippen LogP contribution >= 0.6 is 0 Å². The van der Waals surface area contributed by atoms with Gasteiger partial charge in [0.2, 0.25) is 5.88 Å². The number of imidazole rings is 1. The maximum atomic E-state index is 15.7. The molecule has 1 saturated heterocycles. The summed E-state index contributed by atoms with van der Waals surface area (Å²) in [6, 6.07) is 15.2. The summed E-state index contributed by atoms with van der Waals surface area (Å²) in [4.78, 5) is 20.8. The number of carboxylic acid groups (broad SMARTS) is 1. The first-order chi connectivity index (χ1) is 24.4. The molecular formula is C37H30F5N5O4. The molecule has 262 valence electrons. The molecule has 14 heteroatoms. The molecule has 1 aliphatic rings. The summed E-state index contributed by atoms with van der Waals surface area (Å²) < 4.78 is 85.9. The van der Waals surface area contributed by atoms with Gasteiger partial charge in [0, 0.05) is 40.8 Å². The van der Waals surface area contributed by atoms with E-state index in [1.165, 1.54) is 42.6 Å². The number of carbonyl (C=O) groups is 1. The number of rotatable bonds is 10. The molecule has 1 N–H and O–H groups in total. The number of ether oxygens (including phenoxy) is 2. The van der Waals surface area contributed by atoms with E-state index in [2.05, 4.69) is 10.1 Å². The molecule has 0 bridgehead atoms. The third-order valence-corrected chi connectivity index (χ3v) is 9.02. The number of benzene rings is 3. The third kappa shape index (κ3) is 6.66. The second-order valence-corrected chi connectivity index (χ2v) is 13.0. The van der Waals surface area contributed by atoms with E-state index >= 15 is 8.78 Å². The Morgan fingerprint density at radius 1 is 0.980 bits per heavy atom. The largest absolute Gasteiger partial charge is 0.478 e. The predicted octanol–water partition coefficient (Wildman–Crippen LogP) is 8.24. The van der Waals surface area contributed by atoms with E-state index < -0.39 is 30.0 Å². The molecule has 51 heavy (non-hydrogen) atoms. The molecule has 0 radical (unpaired) electrons. The van der Waals surface area contributed by atoms with Crippen LogP contribution < -0.4 is 4.74 Å². The quantitative estimate of drug-likeness (QED) is 0.143. The zero-order chi connectivity index (χ0) is 36.0. The maximum absolute atomic E-state index is 15.7. The van der Waals surface area contributed by atoms with Crippen LogP contribution in [0.25, 0.3) is 33.4 Å². The summed E-state index contributed by atoms with van der Waals surface area (Å²) >= 11 is 0. The molecule has 0 spiro atoms. The first-order valence-corrected chi connectivity index (χ1v) is 15.9. The van der Waals surface area contributed by atoms with E-state index in [0.717, 1.165) is 18.3 Å². The summed E-state index contributed by atoms with van der Waals surface area (Å²) in [5, 5.41) is 13.2. The van der Waals surface area contributed by atoms with Crippen molar-refractivity contribution in [1.82, 2.24) is 24.3 Å². The molecule has 1 fully saturated rings. The number of carboxylic acids is 1. The number of pyridine rings is 1. The van der Waals surface area contributed by atoms with Gasteiger partial charge in [-0.1, -0.05) is 32.0 Å². The molecule has 1 aliphatic heterocycles. The van der Waals surface area contributed by atoms with Crippen LogP contribution in [-0.2, 0) is 17.8 Å². The zero-order valence-electron chi connectivity index (χ0n) is 27.3. The lowest BCUT2D eigenvalue weighted by atomic mass is 9.87.